The van der Waals surface area contributed by atoms with Gasteiger partial charge in [0, 0.05) is 5.56 Å². The molecule has 60 valence electrons. The van der Waals surface area contributed by atoms with Crippen molar-refractivity contribution < 1.29 is 14.3 Å². The van der Waals surface area contributed by atoms with Crippen LogP contribution in [-0.4, -0.2) is 11.1 Å². The second-order valence-corrected chi connectivity index (χ2v) is 3.02. The highest BCUT2D eigenvalue weighted by Gasteiger charge is 2.16. The zero-order chi connectivity index (χ0) is 8.59. The van der Waals surface area contributed by atoms with E-state index in [1.807, 2.05) is 0 Å². The fraction of sp³-hybridized carbons (Fsp3) is 0.286. The molecule has 0 amide bonds. The number of rotatable bonds is 1. The van der Waals surface area contributed by atoms with Gasteiger partial charge in [0.05, 0.1) is 4.47 Å². The summed E-state index contributed by atoms with van der Waals surface area (Å²) in [7, 11) is 0. The first-order valence-corrected chi connectivity index (χ1v) is 3.82. The molecule has 0 radical (unpaired) electrons. The first kappa shape index (κ1) is 8.33. The normalized spacial score (nSPS) is 10.1. The SMILES string of the molecule is Cc1oc(C(=O)O)c(C)c1Br. The van der Waals surface area contributed by atoms with Crippen molar-refractivity contribution in [2.24, 2.45) is 0 Å². The van der Waals surface area contributed by atoms with E-state index < -0.39 is 5.97 Å². The van der Waals surface area contributed by atoms with Crippen molar-refractivity contribution in [1.29, 1.82) is 0 Å². The molecule has 0 aliphatic carbocycles. The van der Waals surface area contributed by atoms with Gasteiger partial charge in [0.15, 0.2) is 0 Å². The van der Waals surface area contributed by atoms with E-state index in [0.29, 0.717) is 11.3 Å². The van der Waals surface area contributed by atoms with Crippen LogP contribution in [0.15, 0.2) is 8.89 Å². The molecule has 4 heteroatoms. The average Bonchev–Trinajstić information content (AvgIpc) is 2.17. The van der Waals surface area contributed by atoms with Crippen LogP contribution in [0, 0.1) is 13.8 Å². The molecule has 11 heavy (non-hydrogen) atoms. The summed E-state index contributed by atoms with van der Waals surface area (Å²) < 4.78 is 5.69. The summed E-state index contributed by atoms with van der Waals surface area (Å²) in [4.78, 5) is 10.5. The van der Waals surface area contributed by atoms with Gasteiger partial charge in [0.1, 0.15) is 5.76 Å². The number of carbonyl (C=O) groups is 1. The first-order valence-electron chi connectivity index (χ1n) is 3.02. The maximum atomic E-state index is 10.5. The van der Waals surface area contributed by atoms with Crippen LogP contribution in [-0.2, 0) is 0 Å². The molecule has 0 aliphatic rings. The van der Waals surface area contributed by atoms with E-state index in [9.17, 15) is 4.79 Å². The van der Waals surface area contributed by atoms with Crippen molar-refractivity contribution >= 4 is 21.9 Å². The van der Waals surface area contributed by atoms with E-state index in [0.717, 1.165) is 4.47 Å². The van der Waals surface area contributed by atoms with Crippen LogP contribution in [0.1, 0.15) is 21.9 Å². The third kappa shape index (κ3) is 1.30. The Morgan fingerprint density at radius 3 is 2.27 bits per heavy atom. The number of hydrogen-bond donors (Lipinski definition) is 1. The van der Waals surface area contributed by atoms with Crippen LogP contribution < -0.4 is 0 Å². The van der Waals surface area contributed by atoms with Gasteiger partial charge >= 0.3 is 5.97 Å². The molecular formula is C7H7BrO3. The van der Waals surface area contributed by atoms with E-state index in [1.54, 1.807) is 13.8 Å². The lowest BCUT2D eigenvalue weighted by Gasteiger charge is -1.86. The Kier molecular flexibility index (Phi) is 2.04. The van der Waals surface area contributed by atoms with E-state index in [2.05, 4.69) is 15.9 Å². The van der Waals surface area contributed by atoms with Gasteiger partial charge in [-0.1, -0.05) is 0 Å². The Bertz CT molecular complexity index is 301. The van der Waals surface area contributed by atoms with Crippen molar-refractivity contribution in [3.8, 4) is 0 Å². The topological polar surface area (TPSA) is 50.4 Å². The molecule has 0 saturated carbocycles. The molecule has 1 aromatic heterocycles. The lowest BCUT2D eigenvalue weighted by molar-refractivity contribution is 0.0660. The lowest BCUT2D eigenvalue weighted by atomic mass is 10.3. The molecule has 1 heterocycles. The molecule has 0 atom stereocenters. The van der Waals surface area contributed by atoms with Gasteiger partial charge < -0.3 is 9.52 Å². The molecule has 0 fully saturated rings. The summed E-state index contributed by atoms with van der Waals surface area (Å²) in [6, 6.07) is 0. The fourth-order valence-electron chi connectivity index (χ4n) is 0.842. The number of furan rings is 1. The third-order valence-electron chi connectivity index (χ3n) is 1.43. The number of carboxylic acid groups (broad SMARTS) is 1. The van der Waals surface area contributed by atoms with Crippen LogP contribution in [0.25, 0.3) is 0 Å². The summed E-state index contributed by atoms with van der Waals surface area (Å²) in [5.41, 5.74) is 0.634. The number of aromatic carboxylic acids is 1. The zero-order valence-corrected chi connectivity index (χ0v) is 7.73. The lowest BCUT2D eigenvalue weighted by Crippen LogP contribution is -1.95. The molecule has 0 bridgehead atoms. The monoisotopic (exact) mass is 218 g/mol. The van der Waals surface area contributed by atoms with Crippen molar-refractivity contribution in [2.75, 3.05) is 0 Å². The Morgan fingerprint density at radius 2 is 2.09 bits per heavy atom. The van der Waals surface area contributed by atoms with Crippen molar-refractivity contribution in [1.82, 2.24) is 0 Å². The number of carboxylic acids is 1. The van der Waals surface area contributed by atoms with Gasteiger partial charge in [0.2, 0.25) is 5.76 Å². The highest BCUT2D eigenvalue weighted by molar-refractivity contribution is 9.10. The quantitative estimate of drug-likeness (QED) is 0.788. The molecule has 0 unspecified atom stereocenters. The number of halogens is 1. The van der Waals surface area contributed by atoms with E-state index in [1.165, 1.54) is 0 Å². The second kappa shape index (κ2) is 2.70. The number of hydrogen-bond acceptors (Lipinski definition) is 2. The fourth-order valence-corrected chi connectivity index (χ4v) is 1.10. The van der Waals surface area contributed by atoms with Crippen molar-refractivity contribution in [2.45, 2.75) is 13.8 Å². The van der Waals surface area contributed by atoms with Gasteiger partial charge in [-0.05, 0) is 29.8 Å². The van der Waals surface area contributed by atoms with E-state index >= 15 is 0 Å². The van der Waals surface area contributed by atoms with Crippen LogP contribution in [0.4, 0.5) is 0 Å². The standard InChI is InChI=1S/C7H7BrO3/c1-3-5(8)4(2)11-6(3)7(9)10/h1-2H3,(H,9,10). The Labute approximate surface area is 72.1 Å². The second-order valence-electron chi connectivity index (χ2n) is 2.23. The molecule has 1 aromatic rings. The molecule has 0 spiro atoms. The first-order chi connectivity index (χ1) is 5.04. The minimum atomic E-state index is -1.03. The molecule has 0 aliphatic heterocycles. The summed E-state index contributed by atoms with van der Waals surface area (Å²) in [6.07, 6.45) is 0. The maximum Gasteiger partial charge on any atom is 0.372 e. The van der Waals surface area contributed by atoms with E-state index in [-0.39, 0.29) is 5.76 Å². The van der Waals surface area contributed by atoms with Gasteiger partial charge in [-0.2, -0.15) is 0 Å². The summed E-state index contributed by atoms with van der Waals surface area (Å²) in [5, 5.41) is 8.59. The molecule has 0 saturated heterocycles. The van der Waals surface area contributed by atoms with Crippen molar-refractivity contribution in [3.05, 3.63) is 21.6 Å². The molecular weight excluding hydrogens is 212 g/mol. The highest BCUT2D eigenvalue weighted by atomic mass is 79.9. The van der Waals surface area contributed by atoms with Crippen molar-refractivity contribution in [3.63, 3.8) is 0 Å². The predicted molar refractivity (Wildman–Crippen MR) is 42.8 cm³/mol. The summed E-state index contributed by atoms with van der Waals surface area (Å²) in [5.74, 6) is -0.425. The molecule has 1 rings (SSSR count). The minimum absolute atomic E-state index is 0.00868. The molecule has 0 aromatic carbocycles. The zero-order valence-electron chi connectivity index (χ0n) is 6.14. The maximum absolute atomic E-state index is 10.5. The Balaban J connectivity index is 3.29. The van der Waals surface area contributed by atoms with E-state index in [4.69, 9.17) is 9.52 Å². The summed E-state index contributed by atoms with van der Waals surface area (Å²) in [6.45, 7) is 3.41. The van der Waals surface area contributed by atoms with Crippen LogP contribution in [0.2, 0.25) is 0 Å². The average molecular weight is 219 g/mol. The van der Waals surface area contributed by atoms with Gasteiger partial charge in [-0.3, -0.25) is 0 Å². The van der Waals surface area contributed by atoms with Gasteiger partial charge in [-0.15, -0.1) is 0 Å². The minimum Gasteiger partial charge on any atom is -0.475 e. The molecule has 1 N–H and O–H groups in total. The number of aryl methyl sites for hydroxylation is 1. The largest absolute Gasteiger partial charge is 0.475 e. The smallest absolute Gasteiger partial charge is 0.372 e. The third-order valence-corrected chi connectivity index (χ3v) is 2.58. The predicted octanol–water partition coefficient (Wildman–Crippen LogP) is 2.36. The summed E-state index contributed by atoms with van der Waals surface area (Å²) >= 11 is 3.21. The molecule has 3 nitrogen and oxygen atoms in total. The Morgan fingerprint density at radius 1 is 1.55 bits per heavy atom. The van der Waals surface area contributed by atoms with Crippen LogP contribution in [0.5, 0.6) is 0 Å². The van der Waals surface area contributed by atoms with Gasteiger partial charge in [0.25, 0.3) is 0 Å². The van der Waals surface area contributed by atoms with Crippen LogP contribution in [0.3, 0.4) is 0 Å². The highest BCUT2D eigenvalue weighted by Crippen LogP contribution is 2.26. The Hall–Kier alpha value is -0.770. The van der Waals surface area contributed by atoms with Gasteiger partial charge in [-0.25, -0.2) is 4.79 Å². The van der Waals surface area contributed by atoms with Crippen LogP contribution >= 0.6 is 15.9 Å².